The van der Waals surface area contributed by atoms with Gasteiger partial charge in [-0.15, -0.1) is 23.1 Å². The Labute approximate surface area is 199 Å². The fourth-order valence-corrected chi connectivity index (χ4v) is 6.85. The Kier molecular flexibility index (Phi) is 6.08. The van der Waals surface area contributed by atoms with Gasteiger partial charge in [-0.3, -0.25) is 14.0 Å². The summed E-state index contributed by atoms with van der Waals surface area (Å²) in [6.07, 6.45) is 4.81. The van der Waals surface area contributed by atoms with Gasteiger partial charge in [-0.05, 0) is 19.6 Å². The molecule has 4 atom stereocenters. The number of aliphatic carboxylic acids is 1. The van der Waals surface area contributed by atoms with Crippen molar-refractivity contribution < 1.29 is 29.3 Å². The molecule has 0 radical (unpaired) electrons. The zero-order chi connectivity index (χ0) is 24.2. The summed E-state index contributed by atoms with van der Waals surface area (Å²) in [6.45, 7) is 7.01. The molecule has 1 fully saturated rings. The molecule has 2 aromatic rings. The van der Waals surface area contributed by atoms with Gasteiger partial charge in [0.1, 0.15) is 21.9 Å². The number of carboxylic acids is 1. The Morgan fingerprint density at radius 2 is 2.06 bits per heavy atom. The number of carboxylic acid groups (broad SMARTS) is 1. The second-order valence-corrected chi connectivity index (χ2v) is 10.8. The molecule has 1 saturated heterocycles. The van der Waals surface area contributed by atoms with Gasteiger partial charge >= 0.3 is 11.9 Å². The molecule has 1 unspecified atom stereocenters. The molecule has 0 bridgehead atoms. The first kappa shape index (κ1) is 23.8. The first-order valence-corrected chi connectivity index (χ1v) is 12.7. The molecule has 4 heterocycles. The topological polar surface area (TPSA) is 121 Å². The van der Waals surface area contributed by atoms with Crippen molar-refractivity contribution in [3.63, 3.8) is 0 Å². The van der Waals surface area contributed by atoms with Crippen LogP contribution in [0.25, 0.3) is 10.4 Å². The third-order valence-corrected chi connectivity index (χ3v) is 8.46. The lowest BCUT2D eigenvalue weighted by molar-refractivity contribution is -0.168. The highest BCUT2D eigenvalue weighted by molar-refractivity contribution is 7.98. The van der Waals surface area contributed by atoms with Crippen LogP contribution in [0, 0.1) is 17.3 Å². The number of fused-ring (bicyclic) bond motifs is 2. The Balaban J connectivity index is 1.83. The number of thiazole rings is 1. The zero-order valence-electron chi connectivity index (χ0n) is 19.1. The fourth-order valence-electron chi connectivity index (χ4n) is 4.90. The molecule has 0 aromatic carbocycles. The number of thioether (sulfide) groups is 1. The number of hydrogen-bond donors (Lipinski definition) is 2. The highest BCUT2D eigenvalue weighted by Gasteiger charge is 2.66. The van der Waals surface area contributed by atoms with Crippen molar-refractivity contribution in [3.05, 3.63) is 23.1 Å². The van der Waals surface area contributed by atoms with Crippen molar-refractivity contribution in [3.8, 4) is 0 Å². The minimum Gasteiger partial charge on any atom is -0.477 e. The molecule has 178 valence electrons. The lowest BCUT2D eigenvalue weighted by Gasteiger charge is -2.50. The lowest BCUT2D eigenvalue weighted by atomic mass is 9.65. The third kappa shape index (κ3) is 3.57. The Morgan fingerprint density at radius 3 is 2.64 bits per heavy atom. The van der Waals surface area contributed by atoms with Crippen LogP contribution in [0.4, 0.5) is 0 Å². The minimum atomic E-state index is -1.20. The van der Waals surface area contributed by atoms with Crippen LogP contribution in [0.15, 0.2) is 23.2 Å². The van der Waals surface area contributed by atoms with Crippen LogP contribution in [-0.4, -0.2) is 67.4 Å². The van der Waals surface area contributed by atoms with Crippen molar-refractivity contribution in [2.75, 3.05) is 12.9 Å². The first-order chi connectivity index (χ1) is 15.5. The van der Waals surface area contributed by atoms with Crippen molar-refractivity contribution in [2.45, 2.75) is 51.3 Å². The van der Waals surface area contributed by atoms with Crippen LogP contribution < -0.4 is 0 Å². The van der Waals surface area contributed by atoms with Crippen molar-refractivity contribution in [1.29, 1.82) is 0 Å². The number of aromatic nitrogens is 2. The highest BCUT2D eigenvalue weighted by atomic mass is 32.2. The Hall–Kier alpha value is -2.37. The summed E-state index contributed by atoms with van der Waals surface area (Å²) < 4.78 is 7.28. The monoisotopic (exact) mass is 493 g/mol. The minimum absolute atomic E-state index is 0.0669. The van der Waals surface area contributed by atoms with Crippen LogP contribution in [-0.2, 0) is 19.1 Å². The highest BCUT2D eigenvalue weighted by Crippen LogP contribution is 2.60. The number of esters is 1. The molecule has 2 aromatic heterocycles. The van der Waals surface area contributed by atoms with Crippen LogP contribution in [0.3, 0.4) is 0 Å². The van der Waals surface area contributed by atoms with Gasteiger partial charge in [0.2, 0.25) is 5.91 Å². The predicted molar refractivity (Wildman–Crippen MR) is 124 cm³/mol. The number of aliphatic hydroxyl groups is 1. The molecule has 4 rings (SSSR count). The number of nitrogens with zero attached hydrogens (tertiary/aromatic N) is 3. The number of ether oxygens (including phenoxy) is 1. The number of aliphatic hydroxyl groups excluding tert-OH is 1. The molecular weight excluding hydrogens is 466 g/mol. The number of β-lactam (4-membered cyclic amide) rings is 1. The van der Waals surface area contributed by atoms with E-state index in [4.69, 9.17) is 4.74 Å². The summed E-state index contributed by atoms with van der Waals surface area (Å²) in [6, 6.07) is -0.538. The number of imidazole rings is 1. The largest absolute Gasteiger partial charge is 0.477 e. The van der Waals surface area contributed by atoms with Crippen LogP contribution in [0.5, 0.6) is 0 Å². The fraction of sp³-hybridized carbons (Fsp3) is 0.545. The molecular formula is C22H27N3O6S2. The second-order valence-electron chi connectivity index (χ2n) is 9.00. The van der Waals surface area contributed by atoms with Crippen LogP contribution >= 0.6 is 23.1 Å². The van der Waals surface area contributed by atoms with E-state index in [2.05, 4.69) is 4.98 Å². The molecule has 2 aliphatic heterocycles. The SMILES string of the molecule is CSc1ncn2cc(C3=C(C(=O)O)N4C(=O)[C@H]([C@@H](C)O)[C@@H]4C3(C)CCOC(=O)C(C)C)sc12. The normalized spacial score (nSPS) is 25.5. The molecule has 0 saturated carbocycles. The van der Waals surface area contributed by atoms with E-state index >= 15 is 0 Å². The summed E-state index contributed by atoms with van der Waals surface area (Å²) in [5, 5.41) is 21.3. The zero-order valence-corrected chi connectivity index (χ0v) is 20.7. The maximum atomic E-state index is 12.9. The number of carbonyl (C=O) groups is 3. The van der Waals surface area contributed by atoms with Gasteiger partial charge in [-0.2, -0.15) is 0 Å². The molecule has 2 aliphatic rings. The predicted octanol–water partition coefficient (Wildman–Crippen LogP) is 2.73. The van der Waals surface area contributed by atoms with Gasteiger partial charge in [0.05, 0.1) is 35.5 Å². The van der Waals surface area contributed by atoms with Crippen LogP contribution in [0.2, 0.25) is 0 Å². The number of amides is 1. The summed E-state index contributed by atoms with van der Waals surface area (Å²) in [5.74, 6) is -2.94. The van der Waals surface area contributed by atoms with E-state index in [0.717, 1.165) is 9.86 Å². The van der Waals surface area contributed by atoms with Crippen molar-refractivity contribution >= 4 is 51.3 Å². The summed E-state index contributed by atoms with van der Waals surface area (Å²) in [4.78, 5) is 44.6. The van der Waals surface area contributed by atoms with E-state index in [1.807, 2.05) is 23.8 Å². The maximum absolute atomic E-state index is 12.9. The molecule has 0 aliphatic carbocycles. The Morgan fingerprint density at radius 1 is 1.36 bits per heavy atom. The second kappa shape index (κ2) is 8.44. The van der Waals surface area contributed by atoms with Crippen LogP contribution in [0.1, 0.15) is 39.0 Å². The van der Waals surface area contributed by atoms with Crippen molar-refractivity contribution in [1.82, 2.24) is 14.3 Å². The maximum Gasteiger partial charge on any atom is 0.352 e. The van der Waals surface area contributed by atoms with Gasteiger partial charge in [0.25, 0.3) is 0 Å². The summed E-state index contributed by atoms with van der Waals surface area (Å²) in [7, 11) is 0. The first-order valence-electron chi connectivity index (χ1n) is 10.7. The Bertz CT molecular complexity index is 1170. The van der Waals surface area contributed by atoms with Gasteiger partial charge in [-0.25, -0.2) is 9.78 Å². The van der Waals surface area contributed by atoms with E-state index in [0.29, 0.717) is 16.9 Å². The number of carbonyl (C=O) groups excluding carboxylic acids is 2. The summed E-state index contributed by atoms with van der Waals surface area (Å²) >= 11 is 2.91. The van der Waals surface area contributed by atoms with E-state index in [1.54, 1.807) is 27.1 Å². The van der Waals surface area contributed by atoms with Crippen molar-refractivity contribution in [2.24, 2.45) is 17.3 Å². The van der Waals surface area contributed by atoms with Gasteiger partial charge < -0.3 is 19.8 Å². The molecule has 9 nitrogen and oxygen atoms in total. The van der Waals surface area contributed by atoms with E-state index in [-0.39, 0.29) is 24.2 Å². The molecule has 33 heavy (non-hydrogen) atoms. The van der Waals surface area contributed by atoms with Gasteiger partial charge in [0.15, 0.2) is 0 Å². The molecule has 1 amide bonds. The average molecular weight is 494 g/mol. The lowest BCUT2D eigenvalue weighted by Crippen LogP contribution is -2.66. The van der Waals surface area contributed by atoms with Gasteiger partial charge in [-0.1, -0.05) is 20.8 Å². The standard InChI is InChI=1S/C22H27N3O6S2/c1-10(2)21(30)31-7-6-22(4)14(12-8-24-9-23-17(32-5)19(24)33-12)15(20(28)29)25-16(22)13(11(3)26)18(25)27/h8-11,13,16,26H,6-7H2,1-5H3,(H,28,29)/t11-,13-,16-,22?/m1/s1. The number of rotatable bonds is 8. The molecule has 2 N–H and O–H groups in total. The summed E-state index contributed by atoms with van der Waals surface area (Å²) in [5.41, 5.74) is -0.378. The van der Waals surface area contributed by atoms with E-state index < -0.39 is 35.4 Å². The molecule has 11 heteroatoms. The quantitative estimate of drug-likeness (QED) is 0.327. The van der Waals surface area contributed by atoms with E-state index in [9.17, 15) is 24.6 Å². The van der Waals surface area contributed by atoms with Gasteiger partial charge in [0, 0.05) is 17.2 Å². The number of hydrogen-bond acceptors (Lipinski definition) is 8. The molecule has 0 spiro atoms. The smallest absolute Gasteiger partial charge is 0.352 e. The van der Waals surface area contributed by atoms with E-state index in [1.165, 1.54) is 28.0 Å². The third-order valence-electron chi connectivity index (χ3n) is 6.52. The average Bonchev–Trinajstić information content (AvgIpc) is 3.36.